The molecule has 2 aromatic heterocycles. The lowest BCUT2D eigenvalue weighted by atomic mass is 10.1. The van der Waals surface area contributed by atoms with E-state index in [1.54, 1.807) is 10.7 Å². The molecule has 7 heteroatoms. The van der Waals surface area contributed by atoms with E-state index in [2.05, 4.69) is 15.1 Å². The maximum Gasteiger partial charge on any atom is 0.257 e. The molecule has 2 aromatic rings. The molecule has 1 atom stereocenters. The van der Waals surface area contributed by atoms with E-state index < -0.39 is 0 Å². The van der Waals surface area contributed by atoms with Gasteiger partial charge in [0.2, 0.25) is 0 Å². The van der Waals surface area contributed by atoms with Crippen molar-refractivity contribution in [2.45, 2.75) is 19.8 Å². The predicted molar refractivity (Wildman–Crippen MR) is 71.2 cm³/mol. The number of aromatic nitrogens is 4. The van der Waals surface area contributed by atoms with Crippen LogP contribution in [-0.4, -0.2) is 55.2 Å². The zero-order valence-corrected chi connectivity index (χ0v) is 11.4. The second kappa shape index (κ2) is 5.16. The number of aliphatic hydroxyl groups is 1. The fourth-order valence-corrected chi connectivity index (χ4v) is 2.71. The first-order chi connectivity index (χ1) is 9.70. The summed E-state index contributed by atoms with van der Waals surface area (Å²) in [5.41, 5.74) is 1.32. The van der Waals surface area contributed by atoms with E-state index >= 15 is 0 Å². The van der Waals surface area contributed by atoms with Gasteiger partial charge in [0.15, 0.2) is 0 Å². The molecule has 0 bridgehead atoms. The van der Waals surface area contributed by atoms with Crippen LogP contribution in [0.25, 0.3) is 5.78 Å². The Labute approximate surface area is 116 Å². The minimum atomic E-state index is -0.0205. The number of nitrogens with zero attached hydrogens (tertiary/aromatic N) is 5. The fourth-order valence-electron chi connectivity index (χ4n) is 2.71. The van der Waals surface area contributed by atoms with E-state index in [0.717, 1.165) is 25.1 Å². The molecule has 1 aliphatic rings. The highest BCUT2D eigenvalue weighted by atomic mass is 16.3. The number of carbonyl (C=O) groups is 1. The average molecular weight is 275 g/mol. The zero-order chi connectivity index (χ0) is 14.1. The molecule has 20 heavy (non-hydrogen) atoms. The predicted octanol–water partition coefficient (Wildman–Crippen LogP) is 0.277. The van der Waals surface area contributed by atoms with Gasteiger partial charge in [-0.15, -0.1) is 0 Å². The van der Waals surface area contributed by atoms with Gasteiger partial charge in [-0.3, -0.25) is 4.79 Å². The second-order valence-electron chi connectivity index (χ2n) is 5.15. The summed E-state index contributed by atoms with van der Waals surface area (Å²) in [5, 5.41) is 13.0. The van der Waals surface area contributed by atoms with Crippen molar-refractivity contribution in [1.29, 1.82) is 0 Å². The molecule has 3 heterocycles. The highest BCUT2D eigenvalue weighted by Crippen LogP contribution is 2.22. The number of fused-ring (bicyclic) bond motifs is 1. The number of hydrogen-bond acceptors (Lipinski definition) is 5. The van der Waals surface area contributed by atoms with E-state index in [0.29, 0.717) is 23.8 Å². The molecule has 3 rings (SSSR count). The Morgan fingerprint density at radius 2 is 2.35 bits per heavy atom. The summed E-state index contributed by atoms with van der Waals surface area (Å²) >= 11 is 0. The van der Waals surface area contributed by atoms with Crippen LogP contribution in [0.15, 0.2) is 12.5 Å². The van der Waals surface area contributed by atoms with Crippen molar-refractivity contribution in [1.82, 2.24) is 24.5 Å². The van der Waals surface area contributed by atoms with Crippen molar-refractivity contribution >= 4 is 11.7 Å². The van der Waals surface area contributed by atoms with Crippen LogP contribution in [0.4, 0.5) is 0 Å². The third-order valence-electron chi connectivity index (χ3n) is 3.89. The average Bonchev–Trinajstić information content (AvgIpc) is 3.08. The summed E-state index contributed by atoms with van der Waals surface area (Å²) in [6.07, 6.45) is 4.70. The number of aliphatic hydroxyl groups excluding tert-OH is 1. The summed E-state index contributed by atoms with van der Waals surface area (Å²) in [6, 6.07) is 0. The summed E-state index contributed by atoms with van der Waals surface area (Å²) < 4.78 is 1.58. The summed E-state index contributed by atoms with van der Waals surface area (Å²) in [6.45, 7) is 3.46. The van der Waals surface area contributed by atoms with Crippen LogP contribution in [0.1, 0.15) is 28.9 Å². The Balaban J connectivity index is 1.84. The zero-order valence-electron chi connectivity index (χ0n) is 11.4. The number of hydrogen-bond donors (Lipinski definition) is 1. The van der Waals surface area contributed by atoms with Gasteiger partial charge < -0.3 is 10.0 Å². The number of likely N-dealkylation sites (tertiary alicyclic amines) is 1. The summed E-state index contributed by atoms with van der Waals surface area (Å²) in [7, 11) is 0. The first-order valence-corrected chi connectivity index (χ1v) is 6.76. The van der Waals surface area contributed by atoms with Gasteiger partial charge in [-0.1, -0.05) is 0 Å². The molecule has 0 radical (unpaired) electrons. The standard InChI is InChI=1S/C13H17N5O2/c1-9-11(6-14-13-15-8-16-18(9)13)12(20)17-4-2-10(7-17)3-5-19/h6,8,10,19H,2-5,7H2,1H3. The summed E-state index contributed by atoms with van der Waals surface area (Å²) in [5.74, 6) is 0.874. The quantitative estimate of drug-likeness (QED) is 0.869. The first kappa shape index (κ1) is 13.0. The van der Waals surface area contributed by atoms with Crippen LogP contribution in [0.2, 0.25) is 0 Å². The Morgan fingerprint density at radius 1 is 1.50 bits per heavy atom. The van der Waals surface area contributed by atoms with Crippen molar-refractivity contribution in [3.05, 3.63) is 23.8 Å². The van der Waals surface area contributed by atoms with Gasteiger partial charge in [0.25, 0.3) is 11.7 Å². The van der Waals surface area contributed by atoms with Gasteiger partial charge in [-0.2, -0.15) is 10.1 Å². The molecular weight excluding hydrogens is 258 g/mol. The summed E-state index contributed by atoms with van der Waals surface area (Å²) in [4.78, 5) is 22.5. The highest BCUT2D eigenvalue weighted by molar-refractivity contribution is 5.95. The number of rotatable bonds is 3. The third-order valence-corrected chi connectivity index (χ3v) is 3.89. The van der Waals surface area contributed by atoms with E-state index in [1.807, 2.05) is 11.8 Å². The van der Waals surface area contributed by atoms with Crippen molar-refractivity contribution in [2.24, 2.45) is 5.92 Å². The topological polar surface area (TPSA) is 83.6 Å². The Bertz CT molecular complexity index is 639. The van der Waals surface area contributed by atoms with E-state index in [-0.39, 0.29) is 12.5 Å². The van der Waals surface area contributed by atoms with Gasteiger partial charge in [-0.05, 0) is 25.7 Å². The van der Waals surface area contributed by atoms with Crippen LogP contribution in [0, 0.1) is 12.8 Å². The van der Waals surface area contributed by atoms with Gasteiger partial charge in [-0.25, -0.2) is 9.50 Å². The molecule has 1 aliphatic heterocycles. The molecule has 1 fully saturated rings. The SMILES string of the molecule is Cc1c(C(=O)N2CCC(CCO)C2)cnc2ncnn12. The molecule has 1 amide bonds. The molecule has 1 saturated heterocycles. The van der Waals surface area contributed by atoms with Crippen molar-refractivity contribution in [2.75, 3.05) is 19.7 Å². The minimum absolute atomic E-state index is 0.0205. The van der Waals surface area contributed by atoms with Crippen LogP contribution in [0.5, 0.6) is 0 Å². The number of carbonyl (C=O) groups excluding carboxylic acids is 1. The molecule has 7 nitrogen and oxygen atoms in total. The second-order valence-corrected chi connectivity index (χ2v) is 5.15. The van der Waals surface area contributed by atoms with Crippen molar-refractivity contribution in [3.8, 4) is 0 Å². The van der Waals surface area contributed by atoms with Gasteiger partial charge in [0.05, 0.1) is 11.3 Å². The Kier molecular flexibility index (Phi) is 3.35. The highest BCUT2D eigenvalue weighted by Gasteiger charge is 2.28. The molecule has 0 aromatic carbocycles. The molecular formula is C13H17N5O2. The van der Waals surface area contributed by atoms with Crippen molar-refractivity contribution in [3.63, 3.8) is 0 Å². The third kappa shape index (κ3) is 2.14. The smallest absolute Gasteiger partial charge is 0.257 e. The largest absolute Gasteiger partial charge is 0.396 e. The lowest BCUT2D eigenvalue weighted by Crippen LogP contribution is -2.30. The van der Waals surface area contributed by atoms with Crippen LogP contribution >= 0.6 is 0 Å². The lowest BCUT2D eigenvalue weighted by Gasteiger charge is -2.17. The molecule has 106 valence electrons. The number of amides is 1. The molecule has 0 spiro atoms. The van der Waals surface area contributed by atoms with Crippen LogP contribution < -0.4 is 0 Å². The minimum Gasteiger partial charge on any atom is -0.396 e. The van der Waals surface area contributed by atoms with E-state index in [9.17, 15) is 4.79 Å². The maximum atomic E-state index is 12.5. The number of aryl methyl sites for hydroxylation is 1. The Morgan fingerprint density at radius 3 is 3.15 bits per heavy atom. The van der Waals surface area contributed by atoms with Crippen LogP contribution in [-0.2, 0) is 0 Å². The normalized spacial score (nSPS) is 18.9. The van der Waals surface area contributed by atoms with Crippen molar-refractivity contribution < 1.29 is 9.90 Å². The van der Waals surface area contributed by atoms with Gasteiger partial charge >= 0.3 is 0 Å². The van der Waals surface area contributed by atoms with E-state index in [4.69, 9.17) is 5.11 Å². The lowest BCUT2D eigenvalue weighted by molar-refractivity contribution is 0.0783. The Hall–Kier alpha value is -2.02. The van der Waals surface area contributed by atoms with E-state index in [1.165, 1.54) is 6.33 Å². The molecule has 0 aliphatic carbocycles. The molecule has 1 N–H and O–H groups in total. The fraction of sp³-hybridized carbons (Fsp3) is 0.538. The maximum absolute atomic E-state index is 12.5. The first-order valence-electron chi connectivity index (χ1n) is 6.76. The molecule has 1 unspecified atom stereocenters. The van der Waals surface area contributed by atoms with Gasteiger partial charge in [0, 0.05) is 25.9 Å². The molecule has 0 saturated carbocycles. The van der Waals surface area contributed by atoms with Crippen LogP contribution in [0.3, 0.4) is 0 Å². The van der Waals surface area contributed by atoms with Gasteiger partial charge in [0.1, 0.15) is 6.33 Å². The monoisotopic (exact) mass is 275 g/mol.